The molecular weight excluding hydrogens is 376 g/mol. The molecule has 8 nitrogen and oxygen atoms in total. The molecule has 0 fully saturated rings. The van der Waals surface area contributed by atoms with E-state index < -0.39 is 29.6 Å². The molecule has 3 aromatic rings. The molecule has 8 heteroatoms. The third-order valence-electron chi connectivity index (χ3n) is 4.42. The van der Waals surface area contributed by atoms with E-state index in [1.807, 2.05) is 59.8 Å². The van der Waals surface area contributed by atoms with Gasteiger partial charge in [-0.25, -0.2) is 4.79 Å². The van der Waals surface area contributed by atoms with Gasteiger partial charge in [0.25, 0.3) is 11.5 Å². The standard InChI is InChI=1S/C21H20N2O6/c24-17(21(27)28)11-16(22-20(26)18-12-19(25)23-29-18)10-13-6-8-15(9-7-13)14-4-2-1-3-5-14/h1-9,12,16-17,24H,10-11H2,(H,22,26)(H,23,25)(H,27,28)/t16-,17-/m1/s1. The molecule has 0 aliphatic carbocycles. The van der Waals surface area contributed by atoms with Crippen LogP contribution in [0.2, 0.25) is 0 Å². The number of aromatic nitrogens is 1. The normalized spacial score (nSPS) is 12.9. The van der Waals surface area contributed by atoms with Crippen LogP contribution in [0.1, 0.15) is 22.5 Å². The molecule has 2 atom stereocenters. The van der Waals surface area contributed by atoms with Crippen molar-refractivity contribution in [1.82, 2.24) is 10.5 Å². The second kappa shape index (κ2) is 9.03. The van der Waals surface area contributed by atoms with E-state index in [-0.39, 0.29) is 12.2 Å². The number of carboxylic acids is 1. The molecule has 0 saturated carbocycles. The van der Waals surface area contributed by atoms with Gasteiger partial charge in [-0.3, -0.25) is 9.59 Å². The molecule has 29 heavy (non-hydrogen) atoms. The van der Waals surface area contributed by atoms with Crippen LogP contribution in [0.5, 0.6) is 0 Å². The van der Waals surface area contributed by atoms with Gasteiger partial charge in [0.05, 0.1) is 6.07 Å². The van der Waals surface area contributed by atoms with Crippen molar-refractivity contribution in [3.63, 3.8) is 0 Å². The number of aromatic amines is 1. The molecule has 0 aliphatic heterocycles. The number of carbonyl (C=O) groups is 2. The number of carboxylic acid groups (broad SMARTS) is 1. The van der Waals surface area contributed by atoms with Gasteiger partial charge in [-0.1, -0.05) is 54.6 Å². The topological polar surface area (TPSA) is 133 Å². The maximum absolute atomic E-state index is 12.3. The fraction of sp³-hybridized carbons (Fsp3) is 0.190. The number of amides is 1. The predicted octanol–water partition coefficient (Wildman–Crippen LogP) is 1.81. The van der Waals surface area contributed by atoms with Crippen LogP contribution in [-0.2, 0) is 11.2 Å². The zero-order valence-corrected chi connectivity index (χ0v) is 15.4. The molecule has 0 aliphatic rings. The third kappa shape index (κ3) is 5.43. The van der Waals surface area contributed by atoms with E-state index in [1.54, 1.807) is 0 Å². The minimum Gasteiger partial charge on any atom is -0.479 e. The number of carbonyl (C=O) groups excluding carboxylic acids is 1. The van der Waals surface area contributed by atoms with E-state index >= 15 is 0 Å². The first kappa shape index (κ1) is 20.1. The molecule has 4 N–H and O–H groups in total. The van der Waals surface area contributed by atoms with Crippen LogP contribution in [-0.4, -0.2) is 39.4 Å². The van der Waals surface area contributed by atoms with E-state index in [0.29, 0.717) is 6.42 Å². The summed E-state index contributed by atoms with van der Waals surface area (Å²) in [5, 5.41) is 23.3. The number of aliphatic carboxylic acids is 1. The summed E-state index contributed by atoms with van der Waals surface area (Å²) in [5.74, 6) is -2.27. The number of rotatable bonds is 8. The third-order valence-corrected chi connectivity index (χ3v) is 4.42. The van der Waals surface area contributed by atoms with Crippen molar-refractivity contribution in [2.75, 3.05) is 0 Å². The Hall–Kier alpha value is -3.65. The van der Waals surface area contributed by atoms with Crippen molar-refractivity contribution in [1.29, 1.82) is 0 Å². The maximum atomic E-state index is 12.3. The molecule has 0 spiro atoms. The number of hydrogen-bond donors (Lipinski definition) is 4. The zero-order chi connectivity index (χ0) is 20.8. The zero-order valence-electron chi connectivity index (χ0n) is 15.4. The molecule has 1 amide bonds. The molecule has 3 rings (SSSR count). The summed E-state index contributed by atoms with van der Waals surface area (Å²) in [6, 6.07) is 17.7. The van der Waals surface area contributed by atoms with E-state index in [0.717, 1.165) is 22.8 Å². The van der Waals surface area contributed by atoms with Crippen LogP contribution >= 0.6 is 0 Å². The highest BCUT2D eigenvalue weighted by Crippen LogP contribution is 2.20. The maximum Gasteiger partial charge on any atom is 0.332 e. The number of aliphatic hydroxyl groups is 1. The van der Waals surface area contributed by atoms with Crippen molar-refractivity contribution < 1.29 is 24.3 Å². The lowest BCUT2D eigenvalue weighted by Crippen LogP contribution is -2.40. The van der Waals surface area contributed by atoms with Crippen molar-refractivity contribution in [3.05, 3.63) is 82.3 Å². The van der Waals surface area contributed by atoms with Gasteiger partial charge >= 0.3 is 5.97 Å². The van der Waals surface area contributed by atoms with Gasteiger partial charge in [0.2, 0.25) is 5.76 Å². The number of aliphatic hydroxyl groups excluding tert-OH is 1. The highest BCUT2D eigenvalue weighted by atomic mass is 16.5. The Bertz CT molecular complexity index is 1020. The predicted molar refractivity (Wildman–Crippen MR) is 104 cm³/mol. The summed E-state index contributed by atoms with van der Waals surface area (Å²) in [4.78, 5) is 34.4. The Morgan fingerprint density at radius 3 is 2.28 bits per heavy atom. The summed E-state index contributed by atoms with van der Waals surface area (Å²) in [6.07, 6.45) is -1.54. The highest BCUT2D eigenvalue weighted by Gasteiger charge is 2.23. The lowest BCUT2D eigenvalue weighted by molar-refractivity contribution is -0.147. The fourth-order valence-electron chi connectivity index (χ4n) is 2.96. The van der Waals surface area contributed by atoms with E-state index in [9.17, 15) is 19.5 Å². The highest BCUT2D eigenvalue weighted by molar-refractivity contribution is 5.91. The van der Waals surface area contributed by atoms with Gasteiger partial charge in [-0.05, 0) is 23.1 Å². The molecule has 1 heterocycles. The monoisotopic (exact) mass is 396 g/mol. The van der Waals surface area contributed by atoms with E-state index in [4.69, 9.17) is 9.63 Å². The number of hydrogen-bond acceptors (Lipinski definition) is 5. The van der Waals surface area contributed by atoms with Gasteiger partial charge in [-0.15, -0.1) is 0 Å². The van der Waals surface area contributed by atoms with Crippen molar-refractivity contribution in [2.24, 2.45) is 0 Å². The Morgan fingerprint density at radius 2 is 1.69 bits per heavy atom. The van der Waals surface area contributed by atoms with Gasteiger partial charge < -0.3 is 20.1 Å². The van der Waals surface area contributed by atoms with E-state index in [2.05, 4.69) is 5.32 Å². The largest absolute Gasteiger partial charge is 0.479 e. The second-order valence-corrected chi connectivity index (χ2v) is 6.60. The fourth-order valence-corrected chi connectivity index (χ4v) is 2.96. The Balaban J connectivity index is 1.74. The van der Waals surface area contributed by atoms with Crippen molar-refractivity contribution in [3.8, 4) is 11.1 Å². The lowest BCUT2D eigenvalue weighted by atomic mass is 9.98. The first-order chi connectivity index (χ1) is 13.9. The first-order valence-electron chi connectivity index (χ1n) is 8.97. The van der Waals surface area contributed by atoms with Gasteiger partial charge in [0, 0.05) is 12.5 Å². The molecule has 2 aromatic carbocycles. The summed E-state index contributed by atoms with van der Waals surface area (Å²) in [6.45, 7) is 0. The Labute approximate surface area is 165 Å². The van der Waals surface area contributed by atoms with Crippen LogP contribution in [0.3, 0.4) is 0 Å². The number of nitrogens with one attached hydrogen (secondary N) is 2. The number of benzene rings is 2. The van der Waals surface area contributed by atoms with Crippen LogP contribution < -0.4 is 10.9 Å². The molecular formula is C21H20N2O6. The molecule has 0 radical (unpaired) electrons. The SMILES string of the molecule is O=C(N[C@H](Cc1ccc(-c2ccccc2)cc1)C[C@@H](O)C(=O)O)c1cc(=O)[nH]o1. The first-order valence-corrected chi connectivity index (χ1v) is 8.97. The quantitative estimate of drug-likeness (QED) is 0.459. The second-order valence-electron chi connectivity index (χ2n) is 6.60. The summed E-state index contributed by atoms with van der Waals surface area (Å²) >= 11 is 0. The average Bonchev–Trinajstić information content (AvgIpc) is 3.15. The van der Waals surface area contributed by atoms with Crippen LogP contribution in [0.25, 0.3) is 11.1 Å². The minimum atomic E-state index is -1.64. The average molecular weight is 396 g/mol. The van der Waals surface area contributed by atoms with Crippen LogP contribution in [0.15, 0.2) is 70.0 Å². The Morgan fingerprint density at radius 1 is 1.03 bits per heavy atom. The van der Waals surface area contributed by atoms with Crippen LogP contribution in [0.4, 0.5) is 0 Å². The summed E-state index contributed by atoms with van der Waals surface area (Å²) in [5.41, 5.74) is 2.37. The number of H-pyrrole nitrogens is 1. The molecule has 0 unspecified atom stereocenters. The minimum absolute atomic E-state index is 0.198. The smallest absolute Gasteiger partial charge is 0.332 e. The van der Waals surface area contributed by atoms with E-state index in [1.165, 1.54) is 0 Å². The molecule has 150 valence electrons. The summed E-state index contributed by atoms with van der Waals surface area (Å²) < 4.78 is 4.77. The Kier molecular flexibility index (Phi) is 6.25. The lowest BCUT2D eigenvalue weighted by Gasteiger charge is -2.20. The van der Waals surface area contributed by atoms with Crippen molar-refractivity contribution in [2.45, 2.75) is 25.0 Å². The molecule has 0 bridgehead atoms. The van der Waals surface area contributed by atoms with Gasteiger partial charge in [-0.2, -0.15) is 5.16 Å². The molecule has 0 saturated heterocycles. The van der Waals surface area contributed by atoms with Crippen molar-refractivity contribution >= 4 is 11.9 Å². The van der Waals surface area contributed by atoms with Gasteiger partial charge in [0.1, 0.15) is 0 Å². The van der Waals surface area contributed by atoms with Crippen LogP contribution in [0, 0.1) is 0 Å². The molecule has 1 aromatic heterocycles. The summed E-state index contributed by atoms with van der Waals surface area (Å²) in [7, 11) is 0. The van der Waals surface area contributed by atoms with Gasteiger partial charge in [0.15, 0.2) is 6.10 Å².